The van der Waals surface area contributed by atoms with Gasteiger partial charge in [0.15, 0.2) is 5.16 Å². The lowest BCUT2D eigenvalue weighted by Gasteiger charge is -2.24. The van der Waals surface area contributed by atoms with Gasteiger partial charge in [0, 0.05) is 11.6 Å². The van der Waals surface area contributed by atoms with Gasteiger partial charge < -0.3 is 9.67 Å². The lowest BCUT2D eigenvalue weighted by molar-refractivity contribution is -0.133. The number of rotatable bonds is 3. The number of carboxylic acids is 1. The highest BCUT2D eigenvalue weighted by molar-refractivity contribution is 14.1. The lowest BCUT2D eigenvalue weighted by Crippen LogP contribution is -2.22. The molecule has 1 heterocycles. The number of fused-ring (bicyclic) bond motifs is 1. The summed E-state index contributed by atoms with van der Waals surface area (Å²) in [6, 6.07) is 3.14. The summed E-state index contributed by atoms with van der Waals surface area (Å²) in [7, 11) is 0. The number of hydrogen-bond acceptors (Lipinski definition) is 3. The van der Waals surface area contributed by atoms with E-state index < -0.39 is 5.97 Å². The van der Waals surface area contributed by atoms with Gasteiger partial charge in [0.2, 0.25) is 0 Å². The number of nitrogens with zero attached hydrogens (tertiary/aromatic N) is 2. The highest BCUT2D eigenvalue weighted by Crippen LogP contribution is 2.32. The predicted octanol–water partition coefficient (Wildman–Crippen LogP) is 3.71. The Morgan fingerprint density at radius 3 is 2.70 bits per heavy atom. The van der Waals surface area contributed by atoms with Crippen molar-refractivity contribution in [1.29, 1.82) is 0 Å². The zero-order valence-corrected chi connectivity index (χ0v) is 14.2. The van der Waals surface area contributed by atoms with E-state index in [9.17, 15) is 9.18 Å². The van der Waals surface area contributed by atoms with E-state index in [-0.39, 0.29) is 17.1 Å². The molecule has 0 spiro atoms. The topological polar surface area (TPSA) is 55.1 Å². The van der Waals surface area contributed by atoms with Crippen LogP contribution in [-0.2, 0) is 10.3 Å². The van der Waals surface area contributed by atoms with Crippen LogP contribution in [0.15, 0.2) is 17.3 Å². The van der Waals surface area contributed by atoms with Crippen LogP contribution < -0.4 is 0 Å². The molecule has 0 aliphatic heterocycles. The monoisotopic (exact) mass is 408 g/mol. The van der Waals surface area contributed by atoms with Crippen molar-refractivity contribution < 1.29 is 14.3 Å². The minimum Gasteiger partial charge on any atom is -0.481 e. The molecular formula is C13H14FIN2O2S. The third-order valence-corrected chi connectivity index (χ3v) is 4.41. The summed E-state index contributed by atoms with van der Waals surface area (Å²) >= 11 is 3.07. The fourth-order valence-corrected chi connectivity index (χ4v) is 3.29. The van der Waals surface area contributed by atoms with Crippen LogP contribution in [0.25, 0.3) is 11.0 Å². The molecule has 108 valence electrons. The Labute approximate surface area is 133 Å². The first-order valence-electron chi connectivity index (χ1n) is 5.92. The van der Waals surface area contributed by atoms with Gasteiger partial charge in [-0.2, -0.15) is 0 Å². The Hall–Kier alpha value is -0.830. The molecule has 20 heavy (non-hydrogen) atoms. The highest BCUT2D eigenvalue weighted by atomic mass is 127. The molecule has 2 aromatic rings. The normalized spacial score (nSPS) is 12.1. The molecule has 4 nitrogen and oxygen atoms in total. The summed E-state index contributed by atoms with van der Waals surface area (Å²) in [5, 5.41) is 9.41. The molecule has 7 heteroatoms. The van der Waals surface area contributed by atoms with E-state index in [1.54, 1.807) is 6.07 Å². The van der Waals surface area contributed by atoms with Crippen LogP contribution >= 0.6 is 34.4 Å². The van der Waals surface area contributed by atoms with E-state index in [2.05, 4.69) is 4.98 Å². The molecule has 0 saturated heterocycles. The number of halogens is 2. The van der Waals surface area contributed by atoms with Gasteiger partial charge in [-0.25, -0.2) is 9.37 Å². The van der Waals surface area contributed by atoms with Crippen molar-refractivity contribution in [2.24, 2.45) is 0 Å². The van der Waals surface area contributed by atoms with Crippen LogP contribution in [-0.4, -0.2) is 26.4 Å². The smallest absolute Gasteiger partial charge is 0.313 e. The molecule has 0 aliphatic carbocycles. The van der Waals surface area contributed by atoms with Gasteiger partial charge in [0.05, 0.1) is 20.4 Å². The lowest BCUT2D eigenvalue weighted by atomic mass is 10.1. The van der Waals surface area contributed by atoms with E-state index in [4.69, 9.17) is 5.11 Å². The van der Waals surface area contributed by atoms with Crippen LogP contribution in [0.4, 0.5) is 4.39 Å². The quantitative estimate of drug-likeness (QED) is 0.622. The van der Waals surface area contributed by atoms with Crippen molar-refractivity contribution in [3.8, 4) is 0 Å². The van der Waals surface area contributed by atoms with Crippen molar-refractivity contribution >= 4 is 51.4 Å². The molecule has 1 N–H and O–H groups in total. The number of aromatic nitrogens is 2. The second kappa shape index (κ2) is 5.51. The van der Waals surface area contributed by atoms with Crippen molar-refractivity contribution in [3.63, 3.8) is 0 Å². The number of aliphatic carboxylic acids is 1. The molecule has 0 amide bonds. The summed E-state index contributed by atoms with van der Waals surface area (Å²) < 4.78 is 16.2. The Morgan fingerprint density at radius 2 is 2.15 bits per heavy atom. The van der Waals surface area contributed by atoms with Crippen molar-refractivity contribution in [3.05, 3.63) is 21.5 Å². The molecule has 1 aromatic heterocycles. The highest BCUT2D eigenvalue weighted by Gasteiger charge is 2.23. The molecular weight excluding hydrogens is 394 g/mol. The SMILES string of the molecule is CC(C)(C)n1c(SCC(=O)O)nc2cc(I)c(F)cc21. The molecule has 0 radical (unpaired) electrons. The second-order valence-corrected chi connectivity index (χ2v) is 7.44. The molecule has 0 bridgehead atoms. The average molecular weight is 408 g/mol. The summed E-state index contributed by atoms with van der Waals surface area (Å²) in [6.07, 6.45) is 0. The molecule has 2 rings (SSSR count). The minimum atomic E-state index is -0.900. The second-order valence-electron chi connectivity index (χ2n) is 5.34. The van der Waals surface area contributed by atoms with Gasteiger partial charge in [0.1, 0.15) is 5.82 Å². The summed E-state index contributed by atoms with van der Waals surface area (Å²) in [6.45, 7) is 5.94. The van der Waals surface area contributed by atoms with Gasteiger partial charge in [0.25, 0.3) is 0 Å². The van der Waals surface area contributed by atoms with Crippen molar-refractivity contribution in [2.75, 3.05) is 5.75 Å². The molecule has 0 aliphatic rings. The van der Waals surface area contributed by atoms with Crippen molar-refractivity contribution in [1.82, 2.24) is 9.55 Å². The largest absolute Gasteiger partial charge is 0.481 e. The van der Waals surface area contributed by atoms with Gasteiger partial charge >= 0.3 is 5.97 Å². The molecule has 1 aromatic carbocycles. The van der Waals surface area contributed by atoms with E-state index >= 15 is 0 Å². The Balaban J connectivity index is 2.64. The maximum absolute atomic E-state index is 13.8. The van der Waals surface area contributed by atoms with Gasteiger partial charge in [-0.05, 0) is 49.4 Å². The first-order valence-corrected chi connectivity index (χ1v) is 7.99. The van der Waals surface area contributed by atoms with Gasteiger partial charge in [-0.15, -0.1) is 0 Å². The Bertz CT molecular complexity index is 679. The first kappa shape index (κ1) is 15.6. The molecule has 0 fully saturated rings. The molecule has 0 unspecified atom stereocenters. The van der Waals surface area contributed by atoms with E-state index in [0.717, 1.165) is 11.8 Å². The van der Waals surface area contributed by atoms with Crippen LogP contribution in [0.2, 0.25) is 0 Å². The number of imidazole rings is 1. The number of hydrogen-bond donors (Lipinski definition) is 1. The third-order valence-electron chi connectivity index (χ3n) is 2.66. The number of carboxylic acid groups (broad SMARTS) is 1. The van der Waals surface area contributed by atoms with Gasteiger partial charge in [-0.3, -0.25) is 4.79 Å². The first-order chi connectivity index (χ1) is 9.20. The van der Waals surface area contributed by atoms with E-state index in [1.165, 1.54) is 6.07 Å². The maximum atomic E-state index is 13.8. The minimum absolute atomic E-state index is 0.0705. The van der Waals surface area contributed by atoms with Crippen LogP contribution in [0.3, 0.4) is 0 Å². The Kier molecular flexibility index (Phi) is 4.29. The fraction of sp³-hybridized carbons (Fsp3) is 0.385. The van der Waals surface area contributed by atoms with Gasteiger partial charge in [-0.1, -0.05) is 11.8 Å². The number of carbonyl (C=O) groups is 1. The zero-order valence-electron chi connectivity index (χ0n) is 11.3. The Morgan fingerprint density at radius 1 is 1.50 bits per heavy atom. The summed E-state index contributed by atoms with van der Waals surface area (Å²) in [4.78, 5) is 15.2. The molecule has 0 saturated carbocycles. The third kappa shape index (κ3) is 3.08. The van der Waals surface area contributed by atoms with Crippen LogP contribution in [0.5, 0.6) is 0 Å². The summed E-state index contributed by atoms with van der Waals surface area (Å²) in [5.74, 6) is -1.26. The fourth-order valence-electron chi connectivity index (χ4n) is 1.92. The van der Waals surface area contributed by atoms with Crippen LogP contribution in [0, 0.1) is 9.39 Å². The van der Waals surface area contributed by atoms with E-state index in [1.807, 2.05) is 47.9 Å². The standard InChI is InChI=1S/C13H14FIN2O2S/c1-13(2,3)17-10-4-7(14)8(15)5-9(10)16-12(17)20-6-11(18)19/h4-5H,6H2,1-3H3,(H,18,19). The zero-order chi connectivity index (χ0) is 15.1. The number of benzene rings is 1. The number of thioether (sulfide) groups is 1. The summed E-state index contributed by atoms with van der Waals surface area (Å²) in [5.41, 5.74) is 1.05. The van der Waals surface area contributed by atoms with Crippen LogP contribution in [0.1, 0.15) is 20.8 Å². The predicted molar refractivity (Wildman–Crippen MR) is 85.8 cm³/mol. The van der Waals surface area contributed by atoms with E-state index in [0.29, 0.717) is 19.8 Å². The average Bonchev–Trinajstić information content (AvgIpc) is 2.64. The van der Waals surface area contributed by atoms with Crippen molar-refractivity contribution in [2.45, 2.75) is 31.5 Å². The molecule has 0 atom stereocenters. The maximum Gasteiger partial charge on any atom is 0.313 e.